The number of carbonyl (C=O) groups is 3. The number of hydrogen-bond acceptors (Lipinski definition) is 3. The molecule has 0 saturated heterocycles. The summed E-state index contributed by atoms with van der Waals surface area (Å²) in [4.78, 5) is 37.0. The van der Waals surface area contributed by atoms with Crippen molar-refractivity contribution < 1.29 is 19.5 Å². The van der Waals surface area contributed by atoms with Crippen LogP contribution in [-0.4, -0.2) is 34.3 Å². The van der Waals surface area contributed by atoms with E-state index in [4.69, 9.17) is 5.11 Å². The van der Waals surface area contributed by atoms with E-state index in [-0.39, 0.29) is 18.2 Å². The molecule has 5 nitrogen and oxygen atoms in total. The number of benzene rings is 2. The first-order valence-corrected chi connectivity index (χ1v) is 7.69. The zero-order chi connectivity index (χ0) is 16.4. The lowest BCUT2D eigenvalue weighted by molar-refractivity contribution is -0.137. The molecule has 2 aromatic rings. The van der Waals surface area contributed by atoms with Crippen LogP contribution < -0.4 is 0 Å². The Balaban J connectivity index is 1.79. The SMILES string of the molecule is O=C(O)CCCCCN1C(=O)c2cccc3cccc(c23)C1=O. The Morgan fingerprint density at radius 3 is 2.09 bits per heavy atom. The fourth-order valence-electron chi connectivity index (χ4n) is 3.01. The van der Waals surface area contributed by atoms with Crippen molar-refractivity contribution in [1.29, 1.82) is 0 Å². The lowest BCUT2D eigenvalue weighted by Gasteiger charge is -2.27. The van der Waals surface area contributed by atoms with Gasteiger partial charge in [0, 0.05) is 29.5 Å². The normalized spacial score (nSPS) is 13.7. The molecule has 118 valence electrons. The van der Waals surface area contributed by atoms with Crippen LogP contribution in [0.25, 0.3) is 10.8 Å². The van der Waals surface area contributed by atoms with E-state index in [1.54, 1.807) is 12.1 Å². The van der Waals surface area contributed by atoms with Gasteiger partial charge in [0.1, 0.15) is 0 Å². The smallest absolute Gasteiger partial charge is 0.303 e. The predicted molar refractivity (Wildman–Crippen MR) is 85.4 cm³/mol. The van der Waals surface area contributed by atoms with Crippen LogP contribution in [0, 0.1) is 0 Å². The summed E-state index contributed by atoms with van der Waals surface area (Å²) in [6.07, 6.45) is 1.96. The summed E-state index contributed by atoms with van der Waals surface area (Å²) in [5.74, 6) is -1.36. The molecule has 1 N–H and O–H groups in total. The second-order valence-corrected chi connectivity index (χ2v) is 5.68. The van der Waals surface area contributed by atoms with E-state index >= 15 is 0 Å². The molecule has 2 amide bonds. The summed E-state index contributed by atoms with van der Waals surface area (Å²) < 4.78 is 0. The second kappa shape index (κ2) is 6.20. The monoisotopic (exact) mass is 311 g/mol. The Kier molecular flexibility index (Phi) is 4.10. The van der Waals surface area contributed by atoms with Crippen molar-refractivity contribution in [3.8, 4) is 0 Å². The van der Waals surface area contributed by atoms with Gasteiger partial charge in [-0.1, -0.05) is 30.7 Å². The van der Waals surface area contributed by atoms with E-state index in [1.807, 2.05) is 24.3 Å². The Morgan fingerprint density at radius 2 is 1.52 bits per heavy atom. The highest BCUT2D eigenvalue weighted by atomic mass is 16.4. The zero-order valence-corrected chi connectivity index (χ0v) is 12.6. The second-order valence-electron chi connectivity index (χ2n) is 5.68. The first-order valence-electron chi connectivity index (χ1n) is 7.69. The summed E-state index contributed by atoms with van der Waals surface area (Å²) in [7, 11) is 0. The maximum Gasteiger partial charge on any atom is 0.303 e. The number of hydrogen-bond donors (Lipinski definition) is 1. The molecule has 3 rings (SSSR count). The van der Waals surface area contributed by atoms with Gasteiger partial charge in [-0.15, -0.1) is 0 Å². The van der Waals surface area contributed by atoms with Gasteiger partial charge >= 0.3 is 5.97 Å². The van der Waals surface area contributed by atoms with Crippen molar-refractivity contribution in [3.63, 3.8) is 0 Å². The van der Waals surface area contributed by atoms with Gasteiger partial charge in [0.2, 0.25) is 0 Å². The van der Waals surface area contributed by atoms with Crippen LogP contribution >= 0.6 is 0 Å². The number of nitrogens with zero attached hydrogens (tertiary/aromatic N) is 1. The third-order valence-corrected chi connectivity index (χ3v) is 4.13. The van der Waals surface area contributed by atoms with Crippen LogP contribution in [0.3, 0.4) is 0 Å². The predicted octanol–water partition coefficient (Wildman–Crippen LogP) is 3.08. The molecule has 0 atom stereocenters. The molecule has 2 aromatic carbocycles. The molecule has 0 unspecified atom stereocenters. The molecule has 0 spiro atoms. The first kappa shape index (κ1) is 15.2. The summed E-state index contributed by atoms with van der Waals surface area (Å²) in [6, 6.07) is 10.9. The van der Waals surface area contributed by atoms with E-state index in [0.717, 1.165) is 10.8 Å². The van der Waals surface area contributed by atoms with Gasteiger partial charge in [0.25, 0.3) is 11.8 Å². The van der Waals surface area contributed by atoms with Gasteiger partial charge in [-0.25, -0.2) is 0 Å². The highest BCUT2D eigenvalue weighted by Crippen LogP contribution is 2.30. The number of aliphatic carboxylic acids is 1. The van der Waals surface area contributed by atoms with Gasteiger partial charge in [0.15, 0.2) is 0 Å². The van der Waals surface area contributed by atoms with Crippen LogP contribution in [0.4, 0.5) is 0 Å². The number of unbranched alkanes of at least 4 members (excludes halogenated alkanes) is 2. The number of rotatable bonds is 6. The number of carboxylic acid groups (broad SMARTS) is 1. The summed E-state index contributed by atoms with van der Waals surface area (Å²) in [5, 5.41) is 10.2. The average molecular weight is 311 g/mol. The topological polar surface area (TPSA) is 74.7 Å². The lowest BCUT2D eigenvalue weighted by Crippen LogP contribution is -2.40. The molecule has 0 radical (unpaired) electrons. The van der Waals surface area contributed by atoms with Crippen LogP contribution in [0.15, 0.2) is 36.4 Å². The van der Waals surface area contributed by atoms with E-state index < -0.39 is 5.97 Å². The molecule has 1 heterocycles. The molecular weight excluding hydrogens is 294 g/mol. The molecule has 1 aliphatic rings. The van der Waals surface area contributed by atoms with Crippen molar-refractivity contribution >= 4 is 28.6 Å². The Morgan fingerprint density at radius 1 is 0.913 bits per heavy atom. The van der Waals surface area contributed by atoms with Gasteiger partial charge in [-0.3, -0.25) is 19.3 Å². The lowest BCUT2D eigenvalue weighted by atomic mass is 9.94. The number of imide groups is 1. The minimum Gasteiger partial charge on any atom is -0.481 e. The maximum absolute atomic E-state index is 12.6. The highest BCUT2D eigenvalue weighted by Gasteiger charge is 2.31. The zero-order valence-electron chi connectivity index (χ0n) is 12.6. The molecule has 5 heteroatoms. The van der Waals surface area contributed by atoms with Gasteiger partial charge in [-0.05, 0) is 30.4 Å². The van der Waals surface area contributed by atoms with Gasteiger partial charge in [-0.2, -0.15) is 0 Å². The minimum absolute atomic E-state index is 0.115. The summed E-state index contributed by atoms with van der Waals surface area (Å²) in [5.41, 5.74) is 1.12. The molecule has 0 fully saturated rings. The quantitative estimate of drug-likeness (QED) is 0.657. The highest BCUT2D eigenvalue weighted by molar-refractivity contribution is 6.25. The van der Waals surface area contributed by atoms with Gasteiger partial charge in [0.05, 0.1) is 0 Å². The fraction of sp³-hybridized carbons (Fsp3) is 0.278. The largest absolute Gasteiger partial charge is 0.481 e. The van der Waals surface area contributed by atoms with Crippen LogP contribution in [0.1, 0.15) is 46.4 Å². The molecule has 0 bridgehead atoms. The first-order chi connectivity index (χ1) is 11.1. The van der Waals surface area contributed by atoms with Crippen LogP contribution in [-0.2, 0) is 4.79 Å². The molecular formula is C18H17NO4. The Bertz CT molecular complexity index is 746. The summed E-state index contributed by atoms with van der Waals surface area (Å²) in [6.45, 7) is 0.321. The molecule has 0 saturated carbocycles. The Hall–Kier alpha value is -2.69. The minimum atomic E-state index is -0.823. The average Bonchev–Trinajstić information content (AvgIpc) is 2.54. The van der Waals surface area contributed by atoms with Crippen LogP contribution in [0.2, 0.25) is 0 Å². The molecule has 0 aromatic heterocycles. The maximum atomic E-state index is 12.6. The Labute approximate surface area is 133 Å². The third-order valence-electron chi connectivity index (χ3n) is 4.13. The van der Waals surface area contributed by atoms with E-state index in [1.165, 1.54) is 4.90 Å². The van der Waals surface area contributed by atoms with Crippen LogP contribution in [0.5, 0.6) is 0 Å². The number of carbonyl (C=O) groups excluding carboxylic acids is 2. The molecule has 0 aliphatic carbocycles. The van der Waals surface area contributed by atoms with Crippen molar-refractivity contribution in [2.24, 2.45) is 0 Å². The van der Waals surface area contributed by atoms with Crippen molar-refractivity contribution in [2.45, 2.75) is 25.7 Å². The van der Waals surface area contributed by atoms with Crippen molar-refractivity contribution in [3.05, 3.63) is 47.5 Å². The van der Waals surface area contributed by atoms with Crippen molar-refractivity contribution in [2.75, 3.05) is 6.54 Å². The van der Waals surface area contributed by atoms with Crippen molar-refractivity contribution in [1.82, 2.24) is 4.90 Å². The fourth-order valence-corrected chi connectivity index (χ4v) is 3.01. The summed E-state index contributed by atoms with van der Waals surface area (Å²) >= 11 is 0. The number of carboxylic acids is 1. The number of amides is 2. The third kappa shape index (κ3) is 2.82. The molecule has 1 aliphatic heterocycles. The van der Waals surface area contributed by atoms with Gasteiger partial charge < -0.3 is 5.11 Å². The van der Waals surface area contributed by atoms with E-state index in [0.29, 0.717) is 36.9 Å². The molecule has 23 heavy (non-hydrogen) atoms. The standard InChI is InChI=1S/C18H17NO4/c20-15(21)10-2-1-3-11-19-17(22)13-8-4-6-12-7-5-9-14(16(12)13)18(19)23/h4-9H,1-3,10-11H2,(H,20,21). The van der Waals surface area contributed by atoms with E-state index in [9.17, 15) is 14.4 Å². The van der Waals surface area contributed by atoms with E-state index in [2.05, 4.69) is 0 Å².